The van der Waals surface area contributed by atoms with Gasteiger partial charge in [-0.25, -0.2) is 4.39 Å². The van der Waals surface area contributed by atoms with E-state index in [9.17, 15) is 9.50 Å². The lowest BCUT2D eigenvalue weighted by molar-refractivity contribution is 0.198. The molecule has 0 heterocycles. The third-order valence-corrected chi connectivity index (χ3v) is 3.21. The third kappa shape index (κ3) is 2.93. The monoisotopic (exact) mass is 260 g/mol. The van der Waals surface area contributed by atoms with E-state index < -0.39 is 11.9 Å². The average Bonchev–Trinajstić information content (AvgIpc) is 2.37. The Bertz CT molecular complexity index is 591. The van der Waals surface area contributed by atoms with Gasteiger partial charge >= 0.3 is 0 Å². The first kappa shape index (κ1) is 13.6. The van der Waals surface area contributed by atoms with Crippen molar-refractivity contribution in [3.63, 3.8) is 0 Å². The van der Waals surface area contributed by atoms with Crippen molar-refractivity contribution >= 4 is 0 Å². The van der Waals surface area contributed by atoms with Crippen molar-refractivity contribution in [1.29, 1.82) is 0 Å². The Hall–Kier alpha value is -1.87. The van der Waals surface area contributed by atoms with Gasteiger partial charge in [0.2, 0.25) is 0 Å². The molecule has 2 rings (SSSR count). The Balaban J connectivity index is 2.31. The number of rotatable bonds is 3. The fraction of sp³-hybridized carbons (Fsp3) is 0.250. The first-order valence-corrected chi connectivity index (χ1v) is 6.20. The van der Waals surface area contributed by atoms with E-state index in [4.69, 9.17) is 4.74 Å². The van der Waals surface area contributed by atoms with Crippen LogP contribution in [0.5, 0.6) is 11.5 Å². The van der Waals surface area contributed by atoms with Crippen molar-refractivity contribution in [2.45, 2.75) is 26.9 Å². The van der Waals surface area contributed by atoms with Crippen LogP contribution in [0.25, 0.3) is 0 Å². The summed E-state index contributed by atoms with van der Waals surface area (Å²) in [5.41, 5.74) is 2.62. The average molecular weight is 260 g/mol. The van der Waals surface area contributed by atoms with Crippen LogP contribution in [0.15, 0.2) is 36.4 Å². The minimum absolute atomic E-state index is 0.165. The molecule has 3 heteroatoms. The van der Waals surface area contributed by atoms with Crippen molar-refractivity contribution in [3.05, 3.63) is 58.9 Å². The van der Waals surface area contributed by atoms with Gasteiger partial charge in [0.1, 0.15) is 5.75 Å². The van der Waals surface area contributed by atoms with Crippen molar-refractivity contribution in [3.8, 4) is 11.5 Å². The lowest BCUT2D eigenvalue weighted by Crippen LogP contribution is -1.96. The summed E-state index contributed by atoms with van der Waals surface area (Å²) in [7, 11) is 0. The molecule has 0 aliphatic heterocycles. The second kappa shape index (κ2) is 5.41. The quantitative estimate of drug-likeness (QED) is 0.892. The highest BCUT2D eigenvalue weighted by molar-refractivity contribution is 5.42. The predicted molar refractivity (Wildman–Crippen MR) is 73.0 cm³/mol. The fourth-order valence-electron chi connectivity index (χ4n) is 1.81. The second-order valence-corrected chi connectivity index (χ2v) is 4.67. The smallest absolute Gasteiger partial charge is 0.166 e. The zero-order valence-electron chi connectivity index (χ0n) is 11.3. The SMILES string of the molecule is Cc1cccc(Oc2ccc([C@H](C)O)cc2F)c1C. The standard InChI is InChI=1S/C16H17FO2/c1-10-5-4-6-15(11(10)2)19-16-8-7-13(12(3)18)9-14(16)17/h4-9,12,18H,1-3H3/t12-/m0/s1. The van der Waals surface area contributed by atoms with E-state index in [0.717, 1.165) is 11.1 Å². The highest BCUT2D eigenvalue weighted by Crippen LogP contribution is 2.30. The summed E-state index contributed by atoms with van der Waals surface area (Å²) in [6.07, 6.45) is -0.691. The Morgan fingerprint density at radius 3 is 2.47 bits per heavy atom. The molecule has 2 nitrogen and oxygen atoms in total. The molecule has 0 aliphatic rings. The van der Waals surface area contributed by atoms with Crippen LogP contribution in [0.2, 0.25) is 0 Å². The third-order valence-electron chi connectivity index (χ3n) is 3.21. The summed E-state index contributed by atoms with van der Waals surface area (Å²) in [6, 6.07) is 10.2. The van der Waals surface area contributed by atoms with Gasteiger partial charge in [-0.2, -0.15) is 0 Å². The minimum atomic E-state index is -0.691. The van der Waals surface area contributed by atoms with Gasteiger partial charge in [0.15, 0.2) is 11.6 Å². The van der Waals surface area contributed by atoms with Gasteiger partial charge in [-0.05, 0) is 55.7 Å². The van der Waals surface area contributed by atoms with Gasteiger partial charge in [-0.3, -0.25) is 0 Å². The minimum Gasteiger partial charge on any atom is -0.454 e. The molecule has 0 aromatic heterocycles. The molecule has 1 N–H and O–H groups in total. The largest absolute Gasteiger partial charge is 0.454 e. The summed E-state index contributed by atoms with van der Waals surface area (Å²) in [5, 5.41) is 9.40. The van der Waals surface area contributed by atoms with Crippen molar-refractivity contribution in [2.24, 2.45) is 0 Å². The molecule has 2 aromatic rings. The zero-order valence-corrected chi connectivity index (χ0v) is 11.3. The zero-order chi connectivity index (χ0) is 14.0. The first-order valence-electron chi connectivity index (χ1n) is 6.20. The second-order valence-electron chi connectivity index (χ2n) is 4.67. The highest BCUT2D eigenvalue weighted by atomic mass is 19.1. The van der Waals surface area contributed by atoms with Crippen molar-refractivity contribution in [2.75, 3.05) is 0 Å². The maximum Gasteiger partial charge on any atom is 0.166 e. The number of aliphatic hydroxyl groups is 1. The van der Waals surface area contributed by atoms with Crippen LogP contribution in [0.3, 0.4) is 0 Å². The Morgan fingerprint density at radius 1 is 1.11 bits per heavy atom. The molecule has 1 atom stereocenters. The molecule has 2 aromatic carbocycles. The summed E-state index contributed by atoms with van der Waals surface area (Å²) in [6.45, 7) is 5.52. The summed E-state index contributed by atoms with van der Waals surface area (Å²) in [5.74, 6) is 0.334. The number of hydrogen-bond acceptors (Lipinski definition) is 2. The molecule has 0 aliphatic carbocycles. The van der Waals surface area contributed by atoms with Crippen molar-refractivity contribution < 1.29 is 14.2 Å². The normalized spacial score (nSPS) is 12.3. The van der Waals surface area contributed by atoms with Crippen LogP contribution in [0, 0.1) is 19.7 Å². The molecule has 0 amide bonds. The van der Waals surface area contributed by atoms with E-state index in [0.29, 0.717) is 11.3 Å². The molecule has 19 heavy (non-hydrogen) atoms. The molecule has 0 radical (unpaired) electrons. The fourth-order valence-corrected chi connectivity index (χ4v) is 1.81. The molecule has 0 saturated heterocycles. The number of aryl methyl sites for hydroxylation is 1. The van der Waals surface area contributed by atoms with Crippen LogP contribution < -0.4 is 4.74 Å². The number of aliphatic hydroxyl groups excluding tert-OH is 1. The molecule has 0 spiro atoms. The maximum atomic E-state index is 13.9. The van der Waals surface area contributed by atoms with E-state index in [1.165, 1.54) is 6.07 Å². The molecule has 100 valence electrons. The Morgan fingerprint density at radius 2 is 1.84 bits per heavy atom. The van der Waals surface area contributed by atoms with E-state index in [1.807, 2.05) is 32.0 Å². The van der Waals surface area contributed by atoms with Gasteiger partial charge < -0.3 is 9.84 Å². The van der Waals surface area contributed by atoms with Gasteiger partial charge in [0, 0.05) is 0 Å². The van der Waals surface area contributed by atoms with E-state index in [1.54, 1.807) is 19.1 Å². The maximum absolute atomic E-state index is 13.9. The lowest BCUT2D eigenvalue weighted by Gasteiger charge is -2.12. The van der Waals surface area contributed by atoms with Gasteiger partial charge in [0.05, 0.1) is 6.10 Å². The molecule has 0 bridgehead atoms. The van der Waals surface area contributed by atoms with Gasteiger partial charge in [-0.1, -0.05) is 18.2 Å². The summed E-state index contributed by atoms with van der Waals surface area (Å²) in [4.78, 5) is 0. The molecular weight excluding hydrogens is 243 g/mol. The van der Waals surface area contributed by atoms with E-state index >= 15 is 0 Å². The molecule has 0 fully saturated rings. The van der Waals surface area contributed by atoms with Crippen molar-refractivity contribution in [1.82, 2.24) is 0 Å². The molecule has 0 unspecified atom stereocenters. The van der Waals surface area contributed by atoms with Crippen LogP contribution in [-0.4, -0.2) is 5.11 Å². The van der Waals surface area contributed by atoms with E-state index in [2.05, 4.69) is 0 Å². The van der Waals surface area contributed by atoms with Crippen LogP contribution in [0.4, 0.5) is 4.39 Å². The van der Waals surface area contributed by atoms with Crippen LogP contribution in [-0.2, 0) is 0 Å². The Kier molecular flexibility index (Phi) is 3.86. The predicted octanol–water partition coefficient (Wildman–Crippen LogP) is 4.29. The molecular formula is C16H17FO2. The van der Waals surface area contributed by atoms with E-state index in [-0.39, 0.29) is 5.75 Å². The van der Waals surface area contributed by atoms with Crippen LogP contribution >= 0.6 is 0 Å². The molecule has 0 saturated carbocycles. The number of benzene rings is 2. The lowest BCUT2D eigenvalue weighted by atomic mass is 10.1. The Labute approximate surface area is 112 Å². The number of halogens is 1. The first-order chi connectivity index (χ1) is 8.99. The topological polar surface area (TPSA) is 29.5 Å². The number of ether oxygens (including phenoxy) is 1. The summed E-state index contributed by atoms with van der Waals surface area (Å²) < 4.78 is 19.5. The van der Waals surface area contributed by atoms with Gasteiger partial charge in [0.25, 0.3) is 0 Å². The number of hydrogen-bond donors (Lipinski definition) is 1. The van der Waals surface area contributed by atoms with Gasteiger partial charge in [-0.15, -0.1) is 0 Å². The highest BCUT2D eigenvalue weighted by Gasteiger charge is 2.10. The van der Waals surface area contributed by atoms with Crippen LogP contribution in [0.1, 0.15) is 29.7 Å². The summed E-state index contributed by atoms with van der Waals surface area (Å²) >= 11 is 0.